The Balaban J connectivity index is 1.52. The van der Waals surface area contributed by atoms with Crippen LogP contribution in [-0.2, 0) is 4.79 Å². The van der Waals surface area contributed by atoms with E-state index < -0.39 is 0 Å². The van der Waals surface area contributed by atoms with Crippen molar-refractivity contribution in [2.75, 3.05) is 24.2 Å². The molecule has 1 aromatic carbocycles. The molecule has 5 nitrogen and oxygen atoms in total. The van der Waals surface area contributed by atoms with Gasteiger partial charge in [0.2, 0.25) is 11.0 Å². The van der Waals surface area contributed by atoms with Crippen molar-refractivity contribution in [1.82, 2.24) is 15.1 Å². The van der Waals surface area contributed by atoms with E-state index in [0.29, 0.717) is 15.9 Å². The molecule has 1 aliphatic rings. The number of aryl methyl sites for hydroxylation is 1. The molecule has 1 fully saturated rings. The maximum absolute atomic E-state index is 12.3. The first-order valence-electron chi connectivity index (χ1n) is 8.39. The standard InChI is InChI=1S/C17H21ClN4OS2/c1-12-6-7-13(10-14(12)18)19-16-20-21-17(25-16)24-11-15(23)22-8-4-2-3-5-9-22/h6-7,10H,2-5,8-9,11H2,1H3,(H,19,20). The minimum Gasteiger partial charge on any atom is -0.342 e. The summed E-state index contributed by atoms with van der Waals surface area (Å²) in [5.74, 6) is 0.618. The highest BCUT2D eigenvalue weighted by atomic mass is 35.5. The summed E-state index contributed by atoms with van der Waals surface area (Å²) in [7, 11) is 0. The van der Waals surface area contributed by atoms with Gasteiger partial charge in [-0.05, 0) is 37.5 Å². The van der Waals surface area contributed by atoms with Crippen LogP contribution < -0.4 is 5.32 Å². The zero-order valence-electron chi connectivity index (χ0n) is 14.1. The van der Waals surface area contributed by atoms with E-state index in [9.17, 15) is 4.79 Å². The summed E-state index contributed by atoms with van der Waals surface area (Å²) in [6.07, 6.45) is 4.68. The SMILES string of the molecule is Cc1ccc(Nc2nnc(SCC(=O)N3CCCCCC3)s2)cc1Cl. The van der Waals surface area contributed by atoms with Crippen LogP contribution in [0.2, 0.25) is 5.02 Å². The zero-order chi connectivity index (χ0) is 17.6. The highest BCUT2D eigenvalue weighted by Crippen LogP contribution is 2.29. The van der Waals surface area contributed by atoms with Gasteiger partial charge in [-0.3, -0.25) is 4.79 Å². The quantitative estimate of drug-likeness (QED) is 0.740. The zero-order valence-corrected chi connectivity index (χ0v) is 16.5. The molecule has 0 bridgehead atoms. The topological polar surface area (TPSA) is 58.1 Å². The molecule has 0 saturated carbocycles. The van der Waals surface area contributed by atoms with Gasteiger partial charge in [-0.1, -0.05) is 53.6 Å². The largest absolute Gasteiger partial charge is 0.342 e. The van der Waals surface area contributed by atoms with Crippen molar-refractivity contribution in [3.63, 3.8) is 0 Å². The van der Waals surface area contributed by atoms with E-state index in [1.807, 2.05) is 30.0 Å². The number of thioether (sulfide) groups is 1. The summed E-state index contributed by atoms with van der Waals surface area (Å²) < 4.78 is 0.795. The second-order valence-electron chi connectivity index (χ2n) is 6.05. The van der Waals surface area contributed by atoms with Gasteiger partial charge in [0.1, 0.15) is 0 Å². The van der Waals surface area contributed by atoms with Gasteiger partial charge in [-0.25, -0.2) is 0 Å². The van der Waals surface area contributed by atoms with Crippen molar-refractivity contribution in [3.05, 3.63) is 28.8 Å². The number of likely N-dealkylation sites (tertiary alicyclic amines) is 1. The normalized spacial score (nSPS) is 15.0. The molecule has 0 unspecified atom stereocenters. The number of amides is 1. The highest BCUT2D eigenvalue weighted by Gasteiger charge is 2.16. The predicted octanol–water partition coefficient (Wildman–Crippen LogP) is 4.74. The molecule has 0 aliphatic carbocycles. The number of rotatable bonds is 5. The van der Waals surface area contributed by atoms with Gasteiger partial charge in [0, 0.05) is 23.8 Å². The molecule has 25 heavy (non-hydrogen) atoms. The summed E-state index contributed by atoms with van der Waals surface area (Å²) >= 11 is 9.04. The van der Waals surface area contributed by atoms with Crippen molar-refractivity contribution >= 4 is 51.4 Å². The molecule has 0 atom stereocenters. The van der Waals surface area contributed by atoms with Crippen LogP contribution >= 0.6 is 34.7 Å². The first kappa shape index (κ1) is 18.5. The Morgan fingerprint density at radius 3 is 2.76 bits per heavy atom. The number of anilines is 2. The average Bonchev–Trinajstić information content (AvgIpc) is 2.87. The Labute approximate surface area is 161 Å². The fourth-order valence-corrected chi connectivity index (χ4v) is 4.50. The Bertz CT molecular complexity index is 729. The lowest BCUT2D eigenvalue weighted by molar-refractivity contribution is -0.128. The van der Waals surface area contributed by atoms with Gasteiger partial charge >= 0.3 is 0 Å². The van der Waals surface area contributed by atoms with Crippen molar-refractivity contribution in [2.24, 2.45) is 0 Å². The van der Waals surface area contributed by atoms with Crippen LogP contribution in [0.3, 0.4) is 0 Å². The third-order valence-corrected chi connectivity index (χ3v) is 6.47. The number of nitrogens with zero attached hydrogens (tertiary/aromatic N) is 3. The fraction of sp³-hybridized carbons (Fsp3) is 0.471. The molecule has 1 aliphatic heterocycles. The maximum Gasteiger partial charge on any atom is 0.233 e. The Hall–Kier alpha value is -1.31. The van der Waals surface area contributed by atoms with Crippen LogP contribution in [0.5, 0.6) is 0 Å². The molecule has 8 heteroatoms. The molecule has 3 rings (SSSR count). The number of benzene rings is 1. The smallest absolute Gasteiger partial charge is 0.233 e. The third-order valence-electron chi connectivity index (χ3n) is 4.11. The number of halogens is 1. The summed E-state index contributed by atoms with van der Waals surface area (Å²) in [5.41, 5.74) is 1.91. The fourth-order valence-electron chi connectivity index (χ4n) is 2.65. The van der Waals surface area contributed by atoms with E-state index in [1.54, 1.807) is 0 Å². The monoisotopic (exact) mass is 396 g/mol. The van der Waals surface area contributed by atoms with Crippen LogP contribution in [-0.4, -0.2) is 39.8 Å². The van der Waals surface area contributed by atoms with Crippen LogP contribution in [0.4, 0.5) is 10.8 Å². The molecule has 2 heterocycles. The molecule has 1 amide bonds. The van der Waals surface area contributed by atoms with Crippen molar-refractivity contribution < 1.29 is 4.79 Å². The molecular formula is C17H21ClN4OS2. The lowest BCUT2D eigenvalue weighted by Crippen LogP contribution is -2.33. The summed E-state index contributed by atoms with van der Waals surface area (Å²) in [6, 6.07) is 5.79. The average molecular weight is 397 g/mol. The first-order chi connectivity index (χ1) is 12.1. The molecule has 1 saturated heterocycles. The number of nitrogens with one attached hydrogen (secondary N) is 1. The molecule has 2 aromatic rings. The van der Waals surface area contributed by atoms with Gasteiger partial charge in [-0.15, -0.1) is 10.2 Å². The summed E-state index contributed by atoms with van der Waals surface area (Å²) in [6.45, 7) is 3.74. The number of hydrogen-bond donors (Lipinski definition) is 1. The molecule has 0 radical (unpaired) electrons. The number of aromatic nitrogens is 2. The minimum absolute atomic E-state index is 0.196. The number of carbonyl (C=O) groups is 1. The summed E-state index contributed by atoms with van der Waals surface area (Å²) in [4.78, 5) is 14.3. The van der Waals surface area contributed by atoms with Gasteiger partial charge in [0.05, 0.1) is 5.75 Å². The van der Waals surface area contributed by atoms with Crippen molar-refractivity contribution in [2.45, 2.75) is 36.9 Å². The highest BCUT2D eigenvalue weighted by molar-refractivity contribution is 8.01. The van der Waals surface area contributed by atoms with Crippen LogP contribution in [0.15, 0.2) is 22.5 Å². The second kappa shape index (κ2) is 8.87. The Morgan fingerprint density at radius 1 is 1.28 bits per heavy atom. The molecule has 1 N–H and O–H groups in total. The van der Waals surface area contributed by atoms with E-state index in [1.165, 1.54) is 35.9 Å². The van der Waals surface area contributed by atoms with E-state index in [0.717, 1.165) is 41.5 Å². The van der Waals surface area contributed by atoms with Crippen LogP contribution in [0, 0.1) is 6.92 Å². The van der Waals surface area contributed by atoms with Gasteiger partial charge in [-0.2, -0.15) is 0 Å². The Kier molecular flexibility index (Phi) is 6.56. The molecule has 134 valence electrons. The van der Waals surface area contributed by atoms with Crippen LogP contribution in [0.1, 0.15) is 31.2 Å². The molecular weight excluding hydrogens is 376 g/mol. The van der Waals surface area contributed by atoms with E-state index in [2.05, 4.69) is 15.5 Å². The summed E-state index contributed by atoms with van der Waals surface area (Å²) in [5, 5.41) is 12.9. The lowest BCUT2D eigenvalue weighted by atomic mass is 10.2. The van der Waals surface area contributed by atoms with Crippen molar-refractivity contribution in [1.29, 1.82) is 0 Å². The van der Waals surface area contributed by atoms with Crippen molar-refractivity contribution in [3.8, 4) is 0 Å². The lowest BCUT2D eigenvalue weighted by Gasteiger charge is -2.19. The molecule has 0 spiro atoms. The van der Waals surface area contributed by atoms with E-state index >= 15 is 0 Å². The maximum atomic E-state index is 12.3. The molecule has 1 aromatic heterocycles. The third kappa shape index (κ3) is 5.33. The van der Waals surface area contributed by atoms with Gasteiger partial charge in [0.25, 0.3) is 0 Å². The first-order valence-corrected chi connectivity index (χ1v) is 10.6. The van der Waals surface area contributed by atoms with E-state index in [4.69, 9.17) is 11.6 Å². The van der Waals surface area contributed by atoms with Gasteiger partial charge in [0.15, 0.2) is 4.34 Å². The number of carbonyl (C=O) groups excluding carboxylic acids is 1. The van der Waals surface area contributed by atoms with Crippen LogP contribution in [0.25, 0.3) is 0 Å². The Morgan fingerprint density at radius 2 is 2.04 bits per heavy atom. The van der Waals surface area contributed by atoms with Gasteiger partial charge < -0.3 is 10.2 Å². The van der Waals surface area contributed by atoms with E-state index in [-0.39, 0.29) is 5.91 Å². The second-order valence-corrected chi connectivity index (χ2v) is 8.65. The minimum atomic E-state index is 0.196. The predicted molar refractivity (Wildman–Crippen MR) is 105 cm³/mol. The number of hydrogen-bond acceptors (Lipinski definition) is 6.